The molecule has 2 saturated heterocycles. The van der Waals surface area contributed by atoms with Crippen molar-refractivity contribution in [3.8, 4) is 0 Å². The van der Waals surface area contributed by atoms with Crippen molar-refractivity contribution >= 4 is 17.7 Å². The minimum atomic E-state index is 0.534. The number of aromatic amines is 1. The van der Waals surface area contributed by atoms with Gasteiger partial charge in [0.15, 0.2) is 0 Å². The van der Waals surface area contributed by atoms with Crippen LogP contribution in [0.15, 0.2) is 0 Å². The van der Waals surface area contributed by atoms with Crippen LogP contribution in [0.2, 0.25) is 0 Å². The van der Waals surface area contributed by atoms with Crippen LogP contribution in [-0.2, 0) is 0 Å². The Balaban J connectivity index is 1.57. The molecule has 112 valence electrons. The van der Waals surface area contributed by atoms with E-state index < -0.39 is 0 Å². The Hall–Kier alpha value is -0.750. The lowest BCUT2D eigenvalue weighted by Gasteiger charge is -2.31. The predicted molar refractivity (Wildman–Crippen MR) is 84.3 cm³/mol. The van der Waals surface area contributed by atoms with E-state index in [0.717, 1.165) is 37.3 Å². The number of nitrogens with one attached hydrogen (secondary N) is 2. The fraction of sp³-hybridized carbons (Fsp3) is 0.857. The molecule has 1 unspecified atom stereocenters. The van der Waals surface area contributed by atoms with Crippen molar-refractivity contribution < 1.29 is 0 Å². The molecule has 1 atom stereocenters. The number of anilines is 1. The van der Waals surface area contributed by atoms with Gasteiger partial charge in [-0.25, -0.2) is 0 Å². The minimum absolute atomic E-state index is 0.534. The molecule has 0 spiro atoms. The molecule has 0 saturated carbocycles. The molecule has 0 amide bonds. The third kappa shape index (κ3) is 3.28. The molecule has 2 N–H and O–H groups in total. The van der Waals surface area contributed by atoms with Gasteiger partial charge in [-0.15, -0.1) is 5.10 Å². The largest absolute Gasteiger partial charge is 0.340 e. The molecule has 2 fully saturated rings. The molecule has 1 aromatic heterocycles. The summed E-state index contributed by atoms with van der Waals surface area (Å²) in [6, 6.07) is 0. The second-order valence-electron chi connectivity index (χ2n) is 5.86. The predicted octanol–water partition coefficient (Wildman–Crippen LogP) is 2.20. The van der Waals surface area contributed by atoms with Crippen molar-refractivity contribution in [2.75, 3.05) is 37.3 Å². The van der Waals surface area contributed by atoms with Crippen LogP contribution in [0.4, 0.5) is 5.95 Å². The number of piperidine rings is 1. The summed E-state index contributed by atoms with van der Waals surface area (Å²) in [5, 5.41) is 11.4. The number of hydrogen-bond acceptors (Lipinski definition) is 5. The van der Waals surface area contributed by atoms with Crippen molar-refractivity contribution in [3.05, 3.63) is 5.82 Å². The Morgan fingerprint density at radius 3 is 2.85 bits per heavy atom. The van der Waals surface area contributed by atoms with Crippen molar-refractivity contribution in [1.82, 2.24) is 20.5 Å². The van der Waals surface area contributed by atoms with E-state index in [-0.39, 0.29) is 0 Å². The van der Waals surface area contributed by atoms with Gasteiger partial charge >= 0.3 is 0 Å². The van der Waals surface area contributed by atoms with E-state index in [0.29, 0.717) is 5.25 Å². The van der Waals surface area contributed by atoms with Crippen LogP contribution < -0.4 is 10.2 Å². The third-order valence-corrected chi connectivity index (χ3v) is 5.75. The van der Waals surface area contributed by atoms with Gasteiger partial charge in [-0.1, -0.05) is 6.42 Å². The molecule has 0 radical (unpaired) electrons. The van der Waals surface area contributed by atoms with E-state index in [2.05, 4.69) is 20.4 Å². The van der Waals surface area contributed by atoms with E-state index in [1.54, 1.807) is 0 Å². The fourth-order valence-corrected chi connectivity index (χ4v) is 4.38. The number of rotatable bonds is 4. The van der Waals surface area contributed by atoms with Gasteiger partial charge in [-0.05, 0) is 50.9 Å². The first-order chi connectivity index (χ1) is 9.86. The molecule has 5 nitrogen and oxygen atoms in total. The maximum absolute atomic E-state index is 4.75. The van der Waals surface area contributed by atoms with Gasteiger partial charge in [-0.2, -0.15) is 16.7 Å². The topological polar surface area (TPSA) is 56.8 Å². The average Bonchev–Trinajstić information content (AvgIpc) is 2.99. The molecule has 3 heterocycles. The van der Waals surface area contributed by atoms with Gasteiger partial charge in [0, 0.05) is 13.1 Å². The van der Waals surface area contributed by atoms with Crippen LogP contribution in [0, 0.1) is 5.92 Å². The lowest BCUT2D eigenvalue weighted by molar-refractivity contribution is 0.391. The summed E-state index contributed by atoms with van der Waals surface area (Å²) < 4.78 is 0. The number of H-pyrrole nitrogens is 1. The van der Waals surface area contributed by atoms with Gasteiger partial charge in [0.1, 0.15) is 5.82 Å². The second-order valence-corrected chi connectivity index (χ2v) is 7.17. The molecular weight excluding hydrogens is 270 g/mol. The normalized spacial score (nSPS) is 25.1. The Morgan fingerprint density at radius 2 is 2.15 bits per heavy atom. The summed E-state index contributed by atoms with van der Waals surface area (Å²) in [6.45, 7) is 3.30. The first-order valence-corrected chi connectivity index (χ1v) is 8.85. The van der Waals surface area contributed by atoms with Crippen LogP contribution in [0.5, 0.6) is 0 Å². The highest BCUT2D eigenvalue weighted by atomic mass is 32.2. The standard InChI is InChI=1S/C14H25N5S/c1-15-10-11-5-7-19(8-6-11)14-16-13(17-18-14)12-4-2-3-9-20-12/h11-12,15H,2-10H2,1H3,(H,16,17,18). The summed E-state index contributed by atoms with van der Waals surface area (Å²) in [4.78, 5) is 7.08. The lowest BCUT2D eigenvalue weighted by atomic mass is 9.97. The highest BCUT2D eigenvalue weighted by molar-refractivity contribution is 7.99. The fourth-order valence-electron chi connectivity index (χ4n) is 3.13. The van der Waals surface area contributed by atoms with Gasteiger partial charge in [0.25, 0.3) is 0 Å². The maximum Gasteiger partial charge on any atom is 0.244 e. The van der Waals surface area contributed by atoms with Crippen LogP contribution in [0.25, 0.3) is 0 Å². The zero-order valence-corrected chi connectivity index (χ0v) is 13.1. The smallest absolute Gasteiger partial charge is 0.244 e. The lowest BCUT2D eigenvalue weighted by Crippen LogP contribution is -2.37. The molecule has 2 aliphatic rings. The molecule has 0 aromatic carbocycles. The Labute approximate surface area is 125 Å². The first-order valence-electron chi connectivity index (χ1n) is 7.80. The summed E-state index contributed by atoms with van der Waals surface area (Å²) >= 11 is 2.02. The summed E-state index contributed by atoms with van der Waals surface area (Å²) in [5.74, 6) is 4.07. The van der Waals surface area contributed by atoms with Crippen molar-refractivity contribution in [1.29, 1.82) is 0 Å². The van der Waals surface area contributed by atoms with Gasteiger partial charge in [0.05, 0.1) is 5.25 Å². The van der Waals surface area contributed by atoms with Gasteiger partial charge < -0.3 is 10.2 Å². The number of aromatic nitrogens is 3. The van der Waals surface area contributed by atoms with E-state index in [1.807, 2.05) is 18.8 Å². The third-order valence-electron chi connectivity index (χ3n) is 4.37. The summed E-state index contributed by atoms with van der Waals surface area (Å²) in [5.41, 5.74) is 0. The highest BCUT2D eigenvalue weighted by Crippen LogP contribution is 2.37. The Morgan fingerprint density at radius 1 is 1.30 bits per heavy atom. The molecule has 0 bridgehead atoms. The zero-order chi connectivity index (χ0) is 13.8. The Kier molecular flexibility index (Phi) is 4.83. The SMILES string of the molecule is CNCC1CCN(c2n[nH]c(C3CCCCS3)n2)CC1. The van der Waals surface area contributed by atoms with E-state index in [1.165, 1.54) is 37.9 Å². The quantitative estimate of drug-likeness (QED) is 0.892. The molecule has 1 aromatic rings. The molecule has 3 rings (SSSR count). The van der Waals surface area contributed by atoms with Gasteiger partial charge in [0.2, 0.25) is 5.95 Å². The van der Waals surface area contributed by atoms with Crippen molar-refractivity contribution in [2.45, 2.75) is 37.4 Å². The van der Waals surface area contributed by atoms with E-state index >= 15 is 0 Å². The molecule has 20 heavy (non-hydrogen) atoms. The number of thioether (sulfide) groups is 1. The summed E-state index contributed by atoms with van der Waals surface area (Å²) in [7, 11) is 2.04. The zero-order valence-electron chi connectivity index (χ0n) is 12.3. The van der Waals surface area contributed by atoms with Crippen LogP contribution in [0.1, 0.15) is 43.2 Å². The second kappa shape index (κ2) is 6.80. The van der Waals surface area contributed by atoms with Crippen LogP contribution >= 0.6 is 11.8 Å². The first kappa shape index (κ1) is 14.2. The summed E-state index contributed by atoms with van der Waals surface area (Å²) in [6.07, 6.45) is 6.39. The number of hydrogen-bond donors (Lipinski definition) is 2. The van der Waals surface area contributed by atoms with E-state index in [9.17, 15) is 0 Å². The Bertz CT molecular complexity index is 407. The monoisotopic (exact) mass is 295 g/mol. The van der Waals surface area contributed by atoms with Crippen LogP contribution in [-0.4, -0.2) is 47.6 Å². The van der Waals surface area contributed by atoms with E-state index in [4.69, 9.17) is 4.98 Å². The highest BCUT2D eigenvalue weighted by Gasteiger charge is 2.24. The minimum Gasteiger partial charge on any atom is -0.340 e. The van der Waals surface area contributed by atoms with Crippen molar-refractivity contribution in [3.63, 3.8) is 0 Å². The average molecular weight is 295 g/mol. The van der Waals surface area contributed by atoms with Crippen molar-refractivity contribution in [2.24, 2.45) is 5.92 Å². The molecule has 6 heteroatoms. The van der Waals surface area contributed by atoms with Crippen LogP contribution in [0.3, 0.4) is 0 Å². The number of nitrogens with zero attached hydrogens (tertiary/aromatic N) is 3. The molecular formula is C14H25N5S. The maximum atomic E-state index is 4.75. The van der Waals surface area contributed by atoms with Gasteiger partial charge in [-0.3, -0.25) is 5.10 Å². The molecule has 0 aliphatic carbocycles. The molecule has 2 aliphatic heterocycles.